The molecule has 0 aromatic heterocycles. The smallest absolute Gasteiger partial charge is 0.269 e. The first-order valence-electron chi connectivity index (χ1n) is 6.25. The van der Waals surface area contributed by atoms with E-state index in [1.807, 2.05) is 6.07 Å². The highest BCUT2D eigenvalue weighted by Gasteiger charge is 2.42. The van der Waals surface area contributed by atoms with Crippen molar-refractivity contribution in [1.82, 2.24) is 0 Å². The third-order valence-electron chi connectivity index (χ3n) is 4.06. The first-order chi connectivity index (χ1) is 8.61. The summed E-state index contributed by atoms with van der Waals surface area (Å²) in [4.78, 5) is 10.6. The van der Waals surface area contributed by atoms with Gasteiger partial charge >= 0.3 is 0 Å². The Balaban J connectivity index is 2.03. The molecular weight excluding hydrogens is 232 g/mol. The molecule has 5 nitrogen and oxygen atoms in total. The summed E-state index contributed by atoms with van der Waals surface area (Å²) in [6.07, 6.45) is 2.07. The zero-order chi connectivity index (χ0) is 12.8. The molecule has 2 atom stereocenters. The number of non-ortho nitro benzene ring substituents is 1. The Morgan fingerprint density at radius 2 is 2.39 bits per heavy atom. The van der Waals surface area contributed by atoms with Crippen molar-refractivity contribution in [3.63, 3.8) is 0 Å². The van der Waals surface area contributed by atoms with Gasteiger partial charge in [0.2, 0.25) is 0 Å². The van der Waals surface area contributed by atoms with Crippen LogP contribution in [-0.2, 0) is 10.2 Å². The first kappa shape index (κ1) is 11.5. The Kier molecular flexibility index (Phi) is 2.52. The van der Waals surface area contributed by atoms with Gasteiger partial charge in [-0.05, 0) is 31.4 Å². The van der Waals surface area contributed by atoms with Gasteiger partial charge in [0.1, 0.15) is 0 Å². The SMILES string of the molecule is CC1CC2(CCO1)CNc1ccc([N+](=O)[O-])cc12. The van der Waals surface area contributed by atoms with Crippen LogP contribution < -0.4 is 5.32 Å². The van der Waals surface area contributed by atoms with Gasteiger partial charge in [-0.15, -0.1) is 0 Å². The van der Waals surface area contributed by atoms with E-state index in [-0.39, 0.29) is 22.1 Å². The van der Waals surface area contributed by atoms with Crippen molar-refractivity contribution in [2.45, 2.75) is 31.3 Å². The fourth-order valence-corrected chi connectivity index (χ4v) is 3.17. The fourth-order valence-electron chi connectivity index (χ4n) is 3.17. The molecule has 1 aromatic carbocycles. The van der Waals surface area contributed by atoms with Crippen molar-refractivity contribution < 1.29 is 9.66 Å². The van der Waals surface area contributed by atoms with Crippen molar-refractivity contribution in [2.75, 3.05) is 18.5 Å². The molecule has 1 fully saturated rings. The summed E-state index contributed by atoms with van der Waals surface area (Å²) in [7, 11) is 0. The summed E-state index contributed by atoms with van der Waals surface area (Å²) in [6, 6.07) is 5.11. The molecule has 2 heterocycles. The molecule has 1 saturated heterocycles. The molecule has 0 aliphatic carbocycles. The highest BCUT2D eigenvalue weighted by atomic mass is 16.6. The zero-order valence-corrected chi connectivity index (χ0v) is 10.3. The van der Waals surface area contributed by atoms with Crippen molar-refractivity contribution in [1.29, 1.82) is 0 Å². The minimum atomic E-state index is -0.324. The summed E-state index contributed by atoms with van der Waals surface area (Å²) in [5, 5.41) is 14.3. The molecule has 2 aliphatic rings. The van der Waals surface area contributed by atoms with E-state index in [2.05, 4.69) is 12.2 Å². The van der Waals surface area contributed by atoms with Crippen molar-refractivity contribution >= 4 is 11.4 Å². The van der Waals surface area contributed by atoms with E-state index in [0.717, 1.165) is 37.2 Å². The number of hydrogen-bond acceptors (Lipinski definition) is 4. The molecule has 1 spiro atoms. The second-order valence-corrected chi connectivity index (χ2v) is 5.26. The Labute approximate surface area is 105 Å². The zero-order valence-electron chi connectivity index (χ0n) is 10.3. The third kappa shape index (κ3) is 1.66. The van der Waals surface area contributed by atoms with Crippen LogP contribution in [0, 0.1) is 10.1 Å². The number of nitrogens with zero attached hydrogens (tertiary/aromatic N) is 1. The van der Waals surface area contributed by atoms with E-state index in [0.29, 0.717) is 0 Å². The standard InChI is InChI=1S/C13H16N2O3/c1-9-7-13(4-5-18-9)8-14-12-3-2-10(15(16)17)6-11(12)13/h2-3,6,9,14H,4-5,7-8H2,1H3. The van der Waals surface area contributed by atoms with Crippen LogP contribution in [0.5, 0.6) is 0 Å². The predicted molar refractivity (Wildman–Crippen MR) is 67.9 cm³/mol. The van der Waals surface area contributed by atoms with Gasteiger partial charge in [-0.3, -0.25) is 10.1 Å². The van der Waals surface area contributed by atoms with Crippen molar-refractivity contribution in [3.05, 3.63) is 33.9 Å². The van der Waals surface area contributed by atoms with Gasteiger partial charge in [0.25, 0.3) is 5.69 Å². The molecule has 1 N–H and O–H groups in total. The number of benzene rings is 1. The lowest BCUT2D eigenvalue weighted by atomic mass is 9.74. The maximum atomic E-state index is 10.9. The largest absolute Gasteiger partial charge is 0.384 e. The van der Waals surface area contributed by atoms with Crippen LogP contribution in [0.3, 0.4) is 0 Å². The lowest BCUT2D eigenvalue weighted by Crippen LogP contribution is -2.39. The van der Waals surface area contributed by atoms with E-state index in [1.54, 1.807) is 12.1 Å². The van der Waals surface area contributed by atoms with Gasteiger partial charge in [-0.25, -0.2) is 0 Å². The number of nitrogens with one attached hydrogen (secondary N) is 1. The van der Waals surface area contributed by atoms with Crippen LogP contribution in [0.15, 0.2) is 18.2 Å². The fraction of sp³-hybridized carbons (Fsp3) is 0.538. The van der Waals surface area contributed by atoms with Crippen LogP contribution in [0.25, 0.3) is 0 Å². The molecule has 5 heteroatoms. The van der Waals surface area contributed by atoms with Crippen LogP contribution in [0.1, 0.15) is 25.3 Å². The third-order valence-corrected chi connectivity index (χ3v) is 4.06. The van der Waals surface area contributed by atoms with Crippen LogP contribution >= 0.6 is 0 Å². The van der Waals surface area contributed by atoms with Gasteiger partial charge < -0.3 is 10.1 Å². The second kappa shape index (κ2) is 3.95. The first-order valence-corrected chi connectivity index (χ1v) is 6.25. The van der Waals surface area contributed by atoms with E-state index >= 15 is 0 Å². The van der Waals surface area contributed by atoms with Gasteiger partial charge in [-0.2, -0.15) is 0 Å². The van der Waals surface area contributed by atoms with Crippen LogP contribution in [-0.4, -0.2) is 24.2 Å². The number of hydrogen-bond donors (Lipinski definition) is 1. The number of nitro groups is 1. The molecule has 3 rings (SSSR count). The molecule has 18 heavy (non-hydrogen) atoms. The normalized spacial score (nSPS) is 29.9. The molecule has 2 unspecified atom stereocenters. The van der Waals surface area contributed by atoms with E-state index in [1.165, 1.54) is 0 Å². The quantitative estimate of drug-likeness (QED) is 0.612. The molecule has 2 aliphatic heterocycles. The molecular formula is C13H16N2O3. The average Bonchev–Trinajstić information content (AvgIpc) is 2.67. The molecule has 0 saturated carbocycles. The maximum absolute atomic E-state index is 10.9. The topological polar surface area (TPSA) is 64.4 Å². The van der Waals surface area contributed by atoms with Gasteiger partial charge in [0.15, 0.2) is 0 Å². The predicted octanol–water partition coefficient (Wildman–Crippen LogP) is 2.46. The maximum Gasteiger partial charge on any atom is 0.269 e. The Morgan fingerprint density at radius 1 is 1.56 bits per heavy atom. The van der Waals surface area contributed by atoms with E-state index < -0.39 is 0 Å². The van der Waals surface area contributed by atoms with Gasteiger partial charge in [-0.1, -0.05) is 0 Å². The minimum Gasteiger partial charge on any atom is -0.384 e. The highest BCUT2D eigenvalue weighted by Crippen LogP contribution is 2.46. The number of rotatable bonds is 1. The van der Waals surface area contributed by atoms with Crippen molar-refractivity contribution in [3.8, 4) is 0 Å². The number of fused-ring (bicyclic) bond motifs is 2. The summed E-state index contributed by atoms with van der Waals surface area (Å²) in [5.41, 5.74) is 2.32. The molecule has 0 amide bonds. The van der Waals surface area contributed by atoms with Gasteiger partial charge in [0, 0.05) is 36.4 Å². The lowest BCUT2D eigenvalue weighted by molar-refractivity contribution is -0.384. The second-order valence-electron chi connectivity index (χ2n) is 5.26. The lowest BCUT2D eigenvalue weighted by Gasteiger charge is -2.36. The van der Waals surface area contributed by atoms with Crippen LogP contribution in [0.2, 0.25) is 0 Å². The van der Waals surface area contributed by atoms with E-state index in [9.17, 15) is 10.1 Å². The number of nitro benzene ring substituents is 1. The summed E-state index contributed by atoms with van der Waals surface area (Å²) in [6.45, 7) is 3.65. The summed E-state index contributed by atoms with van der Waals surface area (Å²) >= 11 is 0. The Hall–Kier alpha value is -1.62. The van der Waals surface area contributed by atoms with E-state index in [4.69, 9.17) is 4.74 Å². The molecule has 96 valence electrons. The van der Waals surface area contributed by atoms with Crippen molar-refractivity contribution in [2.24, 2.45) is 0 Å². The Bertz CT molecular complexity index is 499. The Morgan fingerprint density at radius 3 is 3.11 bits per heavy atom. The monoisotopic (exact) mass is 248 g/mol. The number of anilines is 1. The van der Waals surface area contributed by atoms with Gasteiger partial charge in [0.05, 0.1) is 11.0 Å². The molecule has 1 aromatic rings. The summed E-state index contributed by atoms with van der Waals surface area (Å²) < 4.78 is 5.60. The highest BCUT2D eigenvalue weighted by molar-refractivity contribution is 5.64. The molecule has 0 bridgehead atoms. The van der Waals surface area contributed by atoms with Crippen LogP contribution in [0.4, 0.5) is 11.4 Å². The number of ether oxygens (including phenoxy) is 1. The summed E-state index contributed by atoms with van der Waals surface area (Å²) in [5.74, 6) is 0. The minimum absolute atomic E-state index is 0.0129. The average molecular weight is 248 g/mol. The molecule has 0 radical (unpaired) electrons.